The van der Waals surface area contributed by atoms with Gasteiger partial charge in [-0.25, -0.2) is 0 Å². The lowest BCUT2D eigenvalue weighted by Crippen LogP contribution is -2.51. The van der Waals surface area contributed by atoms with Crippen LogP contribution in [0.3, 0.4) is 0 Å². The van der Waals surface area contributed by atoms with Gasteiger partial charge in [0.25, 0.3) is 0 Å². The van der Waals surface area contributed by atoms with E-state index in [1.165, 1.54) is 0 Å². The minimum Gasteiger partial charge on any atom is -0.325 e. The molecular formula is C11H20N2OS. The van der Waals surface area contributed by atoms with Crippen LogP contribution in [0.25, 0.3) is 0 Å². The van der Waals surface area contributed by atoms with Crippen molar-refractivity contribution in [3.63, 3.8) is 0 Å². The van der Waals surface area contributed by atoms with Crippen molar-refractivity contribution in [2.45, 2.75) is 32.1 Å². The van der Waals surface area contributed by atoms with Crippen LogP contribution < -0.4 is 5.32 Å². The van der Waals surface area contributed by atoms with E-state index in [4.69, 9.17) is 0 Å². The zero-order chi connectivity index (χ0) is 11.1. The van der Waals surface area contributed by atoms with E-state index in [0.29, 0.717) is 5.91 Å². The number of amides is 1. The Bertz CT molecular complexity index is 261. The molecule has 0 aromatic heterocycles. The molecule has 0 aromatic carbocycles. The summed E-state index contributed by atoms with van der Waals surface area (Å²) in [6, 6.07) is 0. The molecule has 2 aliphatic rings. The molecular weight excluding hydrogens is 208 g/mol. The molecule has 0 aromatic rings. The Kier molecular flexibility index (Phi) is 2.75. The second kappa shape index (κ2) is 3.67. The van der Waals surface area contributed by atoms with E-state index in [1.54, 1.807) is 0 Å². The zero-order valence-electron chi connectivity index (χ0n) is 9.80. The number of nitrogens with one attached hydrogen (secondary N) is 1. The lowest BCUT2D eigenvalue weighted by molar-refractivity contribution is -0.141. The molecule has 1 unspecified atom stereocenters. The number of carbonyl (C=O) groups is 1. The first-order valence-electron chi connectivity index (χ1n) is 5.62. The number of hydrogen-bond acceptors (Lipinski definition) is 3. The highest BCUT2D eigenvalue weighted by Gasteiger charge is 2.48. The average Bonchev–Trinajstić information content (AvgIpc) is 2.74. The summed E-state index contributed by atoms with van der Waals surface area (Å²) in [5.41, 5.74) is -0.250. The molecule has 1 amide bonds. The maximum atomic E-state index is 12.3. The Morgan fingerprint density at radius 3 is 2.73 bits per heavy atom. The standard InChI is InChI=1S/C11H20N2OS/c1-10(2,3)9(14)13-6-7-15-11(13)4-5-12-8-11/h12H,4-8H2,1-3H3. The fourth-order valence-corrected chi connectivity index (χ4v) is 3.74. The largest absolute Gasteiger partial charge is 0.325 e. The summed E-state index contributed by atoms with van der Waals surface area (Å²) in [6.07, 6.45) is 1.10. The highest BCUT2D eigenvalue weighted by molar-refractivity contribution is 8.00. The van der Waals surface area contributed by atoms with E-state index in [2.05, 4.69) is 10.2 Å². The van der Waals surface area contributed by atoms with Crippen LogP contribution in [0.5, 0.6) is 0 Å². The van der Waals surface area contributed by atoms with Crippen molar-refractivity contribution in [3.8, 4) is 0 Å². The lowest BCUT2D eigenvalue weighted by atomic mass is 9.93. The third-order valence-corrected chi connectivity index (χ3v) is 4.65. The zero-order valence-corrected chi connectivity index (χ0v) is 10.6. The second-order valence-corrected chi connectivity index (χ2v) is 6.89. The van der Waals surface area contributed by atoms with Crippen molar-refractivity contribution in [2.75, 3.05) is 25.4 Å². The summed E-state index contributed by atoms with van der Waals surface area (Å²) < 4.78 is 0. The van der Waals surface area contributed by atoms with Crippen LogP contribution in [0.15, 0.2) is 0 Å². The predicted octanol–water partition coefficient (Wildman–Crippen LogP) is 1.30. The van der Waals surface area contributed by atoms with Gasteiger partial charge in [-0.3, -0.25) is 4.79 Å². The minimum atomic E-state index is -0.250. The number of thioether (sulfide) groups is 1. The summed E-state index contributed by atoms with van der Waals surface area (Å²) >= 11 is 1.95. The molecule has 2 aliphatic heterocycles. The van der Waals surface area contributed by atoms with Gasteiger partial charge >= 0.3 is 0 Å². The number of nitrogens with zero attached hydrogens (tertiary/aromatic N) is 1. The Hall–Kier alpha value is -0.220. The number of hydrogen-bond donors (Lipinski definition) is 1. The molecule has 2 fully saturated rings. The first kappa shape index (κ1) is 11.3. The predicted molar refractivity (Wildman–Crippen MR) is 63.8 cm³/mol. The fourth-order valence-electron chi connectivity index (χ4n) is 2.31. The summed E-state index contributed by atoms with van der Waals surface area (Å²) in [5, 5.41) is 3.38. The van der Waals surface area contributed by atoms with Crippen molar-refractivity contribution in [1.82, 2.24) is 10.2 Å². The van der Waals surface area contributed by atoms with Crippen molar-refractivity contribution in [1.29, 1.82) is 0 Å². The van der Waals surface area contributed by atoms with Crippen LogP contribution in [0.2, 0.25) is 0 Å². The van der Waals surface area contributed by atoms with E-state index < -0.39 is 0 Å². The van der Waals surface area contributed by atoms with Crippen molar-refractivity contribution in [2.24, 2.45) is 5.41 Å². The van der Waals surface area contributed by atoms with Crippen LogP contribution in [-0.2, 0) is 4.79 Å². The lowest BCUT2D eigenvalue weighted by Gasteiger charge is -2.37. The monoisotopic (exact) mass is 228 g/mol. The van der Waals surface area contributed by atoms with Gasteiger partial charge in [0.1, 0.15) is 4.87 Å². The van der Waals surface area contributed by atoms with Crippen molar-refractivity contribution < 1.29 is 4.79 Å². The maximum Gasteiger partial charge on any atom is 0.229 e. The first-order valence-corrected chi connectivity index (χ1v) is 6.61. The first-order chi connectivity index (χ1) is 6.96. The summed E-state index contributed by atoms with van der Waals surface area (Å²) in [5.74, 6) is 1.39. The van der Waals surface area contributed by atoms with E-state index in [0.717, 1.165) is 31.8 Å². The Morgan fingerprint density at radius 2 is 2.20 bits per heavy atom. The van der Waals surface area contributed by atoms with Crippen LogP contribution in [0.4, 0.5) is 0 Å². The topological polar surface area (TPSA) is 32.3 Å². The molecule has 2 saturated heterocycles. The second-order valence-electron chi connectivity index (χ2n) is 5.43. The molecule has 0 bridgehead atoms. The summed E-state index contributed by atoms with van der Waals surface area (Å²) in [6.45, 7) is 8.94. The molecule has 0 aliphatic carbocycles. The van der Waals surface area contributed by atoms with Gasteiger partial charge in [-0.2, -0.15) is 0 Å². The third-order valence-electron chi connectivity index (χ3n) is 3.16. The average molecular weight is 228 g/mol. The molecule has 1 atom stereocenters. The van der Waals surface area contributed by atoms with Crippen LogP contribution >= 0.6 is 11.8 Å². The van der Waals surface area contributed by atoms with Gasteiger partial charge in [-0.1, -0.05) is 20.8 Å². The molecule has 1 N–H and O–H groups in total. The van der Waals surface area contributed by atoms with Gasteiger partial charge < -0.3 is 10.2 Å². The van der Waals surface area contributed by atoms with Gasteiger partial charge in [-0.15, -0.1) is 11.8 Å². The normalized spacial score (nSPS) is 31.5. The smallest absolute Gasteiger partial charge is 0.229 e. The molecule has 15 heavy (non-hydrogen) atoms. The number of rotatable bonds is 0. The van der Waals surface area contributed by atoms with Crippen LogP contribution in [0.1, 0.15) is 27.2 Å². The van der Waals surface area contributed by atoms with E-state index in [9.17, 15) is 4.79 Å². The molecule has 2 rings (SSSR count). The summed E-state index contributed by atoms with van der Waals surface area (Å²) in [7, 11) is 0. The third kappa shape index (κ3) is 1.89. The van der Waals surface area contributed by atoms with E-state index >= 15 is 0 Å². The molecule has 1 spiro atoms. The Labute approximate surface area is 96.0 Å². The summed E-state index contributed by atoms with van der Waals surface area (Å²) in [4.78, 5) is 14.5. The van der Waals surface area contributed by atoms with Gasteiger partial charge in [-0.05, 0) is 13.0 Å². The SMILES string of the molecule is CC(C)(C)C(=O)N1CCSC12CCNC2. The van der Waals surface area contributed by atoms with Crippen molar-refractivity contribution in [3.05, 3.63) is 0 Å². The van der Waals surface area contributed by atoms with Gasteiger partial charge in [0.15, 0.2) is 0 Å². The Morgan fingerprint density at radius 1 is 1.47 bits per heavy atom. The van der Waals surface area contributed by atoms with Gasteiger partial charge in [0.2, 0.25) is 5.91 Å². The van der Waals surface area contributed by atoms with Crippen LogP contribution in [0, 0.1) is 5.41 Å². The molecule has 0 radical (unpaired) electrons. The highest BCUT2D eigenvalue weighted by Crippen LogP contribution is 2.42. The molecule has 86 valence electrons. The fraction of sp³-hybridized carbons (Fsp3) is 0.909. The van der Waals surface area contributed by atoms with E-state index in [1.807, 2.05) is 32.5 Å². The molecule has 4 heteroatoms. The van der Waals surface area contributed by atoms with Crippen molar-refractivity contribution >= 4 is 17.7 Å². The highest BCUT2D eigenvalue weighted by atomic mass is 32.2. The molecule has 2 heterocycles. The molecule has 3 nitrogen and oxygen atoms in total. The van der Waals surface area contributed by atoms with Crippen LogP contribution in [-0.4, -0.2) is 41.1 Å². The molecule has 0 saturated carbocycles. The van der Waals surface area contributed by atoms with Gasteiger partial charge in [0, 0.05) is 24.3 Å². The maximum absolute atomic E-state index is 12.3. The number of carbonyl (C=O) groups excluding carboxylic acids is 1. The van der Waals surface area contributed by atoms with Gasteiger partial charge in [0.05, 0.1) is 0 Å². The quantitative estimate of drug-likeness (QED) is 0.678. The van der Waals surface area contributed by atoms with E-state index in [-0.39, 0.29) is 10.3 Å². The Balaban J connectivity index is 2.18. The minimum absolute atomic E-state index is 0.0738.